The summed E-state index contributed by atoms with van der Waals surface area (Å²) in [6.45, 7) is 5.10. The normalized spacial score (nSPS) is 11.1. The number of nitrogens with two attached hydrogens (primary N) is 1. The zero-order chi connectivity index (χ0) is 10.3. The van der Waals surface area contributed by atoms with Crippen LogP contribution in [0.25, 0.3) is 0 Å². The average molecular weight is 188 g/mol. The minimum Gasteiger partial charge on any atom is -0.409 e. The molecule has 0 saturated carbocycles. The van der Waals surface area contributed by atoms with E-state index in [1.807, 2.05) is 13.8 Å². The summed E-state index contributed by atoms with van der Waals surface area (Å²) in [6, 6.07) is -0.211. The first-order valence-corrected chi connectivity index (χ1v) is 4.14. The fourth-order valence-electron chi connectivity index (χ4n) is 0.824. The predicted octanol–water partition coefficient (Wildman–Crippen LogP) is -0.216. The first-order valence-electron chi connectivity index (χ1n) is 4.14. The van der Waals surface area contributed by atoms with Crippen LogP contribution in [0.15, 0.2) is 5.16 Å². The molecule has 0 radical (unpaired) electrons. The summed E-state index contributed by atoms with van der Waals surface area (Å²) in [4.78, 5) is 12.9. The Kier molecular flexibility index (Phi) is 5.42. The Labute approximate surface area is 77.4 Å². The molecular formula is C7H16N4O2. The number of amidine groups is 1. The molecule has 0 aliphatic rings. The first-order chi connectivity index (χ1) is 6.15. The molecule has 0 heterocycles. The average Bonchev–Trinajstić information content (AvgIpc) is 2.16. The Morgan fingerprint density at radius 1 is 1.54 bits per heavy atom. The van der Waals surface area contributed by atoms with Crippen molar-refractivity contribution in [1.29, 1.82) is 0 Å². The highest BCUT2D eigenvalue weighted by molar-refractivity contribution is 5.86. The number of hydrogen-bond donors (Lipinski definition) is 3. The monoisotopic (exact) mass is 188 g/mol. The van der Waals surface area contributed by atoms with Gasteiger partial charge in [0.05, 0.1) is 6.54 Å². The second-order valence-electron chi connectivity index (χ2n) is 2.42. The van der Waals surface area contributed by atoms with Crippen LogP contribution < -0.4 is 11.1 Å². The van der Waals surface area contributed by atoms with E-state index >= 15 is 0 Å². The van der Waals surface area contributed by atoms with Gasteiger partial charge in [-0.25, -0.2) is 4.79 Å². The van der Waals surface area contributed by atoms with Crippen molar-refractivity contribution in [1.82, 2.24) is 10.2 Å². The van der Waals surface area contributed by atoms with E-state index in [0.29, 0.717) is 13.1 Å². The molecule has 0 aliphatic heterocycles. The molecular weight excluding hydrogens is 172 g/mol. The van der Waals surface area contributed by atoms with Gasteiger partial charge < -0.3 is 21.2 Å². The first kappa shape index (κ1) is 11.5. The molecule has 0 aromatic carbocycles. The Balaban J connectivity index is 3.86. The van der Waals surface area contributed by atoms with Crippen molar-refractivity contribution in [3.05, 3.63) is 0 Å². The topological polar surface area (TPSA) is 91.0 Å². The maximum atomic E-state index is 11.2. The molecule has 0 aromatic heterocycles. The van der Waals surface area contributed by atoms with Gasteiger partial charge in [-0.3, -0.25) is 0 Å². The van der Waals surface area contributed by atoms with E-state index in [-0.39, 0.29) is 18.4 Å². The van der Waals surface area contributed by atoms with E-state index in [2.05, 4.69) is 10.5 Å². The molecule has 0 atom stereocenters. The molecule has 0 spiro atoms. The SMILES string of the molecule is CCN(CC)C(=O)NCC(N)=NO. The van der Waals surface area contributed by atoms with Gasteiger partial charge in [-0.05, 0) is 13.8 Å². The van der Waals surface area contributed by atoms with E-state index in [0.717, 1.165) is 0 Å². The van der Waals surface area contributed by atoms with Crippen LogP contribution >= 0.6 is 0 Å². The van der Waals surface area contributed by atoms with Crippen LogP contribution in [0.4, 0.5) is 4.79 Å². The quantitative estimate of drug-likeness (QED) is 0.246. The molecule has 6 nitrogen and oxygen atoms in total. The van der Waals surface area contributed by atoms with E-state index < -0.39 is 0 Å². The number of rotatable bonds is 4. The predicted molar refractivity (Wildman–Crippen MR) is 49.7 cm³/mol. The molecule has 0 aromatic rings. The highest BCUT2D eigenvalue weighted by atomic mass is 16.4. The molecule has 6 heteroatoms. The highest BCUT2D eigenvalue weighted by Crippen LogP contribution is 1.86. The summed E-state index contributed by atoms with van der Waals surface area (Å²) >= 11 is 0. The van der Waals surface area contributed by atoms with Crippen LogP contribution in [0.2, 0.25) is 0 Å². The smallest absolute Gasteiger partial charge is 0.317 e. The third kappa shape index (κ3) is 4.19. The number of hydrogen-bond acceptors (Lipinski definition) is 3. The Morgan fingerprint density at radius 3 is 2.46 bits per heavy atom. The van der Waals surface area contributed by atoms with Crippen molar-refractivity contribution >= 4 is 11.9 Å². The Bertz CT molecular complexity index is 189. The van der Waals surface area contributed by atoms with Gasteiger partial charge in [0, 0.05) is 13.1 Å². The van der Waals surface area contributed by atoms with Gasteiger partial charge in [0.15, 0.2) is 5.84 Å². The molecule has 0 rings (SSSR count). The summed E-state index contributed by atoms with van der Waals surface area (Å²) in [6.07, 6.45) is 0. The number of carbonyl (C=O) groups is 1. The number of carbonyl (C=O) groups excluding carboxylic acids is 1. The summed E-state index contributed by atoms with van der Waals surface area (Å²) in [5, 5.41) is 13.4. The maximum absolute atomic E-state index is 11.2. The molecule has 0 saturated heterocycles. The van der Waals surface area contributed by atoms with Crippen molar-refractivity contribution in [2.75, 3.05) is 19.6 Å². The zero-order valence-corrected chi connectivity index (χ0v) is 7.95. The van der Waals surface area contributed by atoms with E-state index in [1.165, 1.54) is 0 Å². The third-order valence-electron chi connectivity index (χ3n) is 1.60. The van der Waals surface area contributed by atoms with Gasteiger partial charge in [-0.15, -0.1) is 0 Å². The van der Waals surface area contributed by atoms with Gasteiger partial charge in [-0.1, -0.05) is 5.16 Å². The summed E-state index contributed by atoms with van der Waals surface area (Å²) in [5.74, 6) is -0.0134. The molecule has 0 unspecified atom stereocenters. The third-order valence-corrected chi connectivity index (χ3v) is 1.60. The van der Waals surface area contributed by atoms with E-state index in [4.69, 9.17) is 10.9 Å². The van der Waals surface area contributed by atoms with Crippen molar-refractivity contribution in [3.8, 4) is 0 Å². The number of urea groups is 1. The van der Waals surface area contributed by atoms with E-state index in [1.54, 1.807) is 4.90 Å². The molecule has 4 N–H and O–H groups in total. The summed E-state index contributed by atoms with van der Waals surface area (Å²) in [7, 11) is 0. The lowest BCUT2D eigenvalue weighted by Crippen LogP contribution is -2.43. The van der Waals surface area contributed by atoms with Gasteiger partial charge >= 0.3 is 6.03 Å². The fraction of sp³-hybridized carbons (Fsp3) is 0.714. The van der Waals surface area contributed by atoms with Crippen molar-refractivity contribution < 1.29 is 10.0 Å². The van der Waals surface area contributed by atoms with Gasteiger partial charge in [0.2, 0.25) is 0 Å². The van der Waals surface area contributed by atoms with Crippen LogP contribution in [0.5, 0.6) is 0 Å². The van der Waals surface area contributed by atoms with E-state index in [9.17, 15) is 4.79 Å². The molecule has 0 fully saturated rings. The highest BCUT2D eigenvalue weighted by Gasteiger charge is 2.08. The maximum Gasteiger partial charge on any atom is 0.317 e. The lowest BCUT2D eigenvalue weighted by molar-refractivity contribution is 0.204. The second kappa shape index (κ2) is 6.10. The van der Waals surface area contributed by atoms with Crippen molar-refractivity contribution in [2.45, 2.75) is 13.8 Å². The molecule has 2 amide bonds. The van der Waals surface area contributed by atoms with Crippen LogP contribution in [0.1, 0.15) is 13.8 Å². The van der Waals surface area contributed by atoms with Crippen LogP contribution in [0.3, 0.4) is 0 Å². The number of nitrogens with zero attached hydrogens (tertiary/aromatic N) is 2. The van der Waals surface area contributed by atoms with Crippen molar-refractivity contribution in [2.24, 2.45) is 10.9 Å². The standard InChI is InChI=1S/C7H16N4O2/c1-3-11(4-2)7(12)9-5-6(8)10-13/h13H,3-5H2,1-2H3,(H2,8,10)(H,9,12). The summed E-state index contributed by atoms with van der Waals surface area (Å²) in [5.41, 5.74) is 5.17. The largest absolute Gasteiger partial charge is 0.409 e. The molecule has 13 heavy (non-hydrogen) atoms. The minimum atomic E-state index is -0.211. The Morgan fingerprint density at radius 2 is 2.08 bits per heavy atom. The number of oxime groups is 1. The zero-order valence-electron chi connectivity index (χ0n) is 7.95. The Hall–Kier alpha value is -1.46. The van der Waals surface area contributed by atoms with Crippen LogP contribution in [-0.2, 0) is 0 Å². The van der Waals surface area contributed by atoms with Gasteiger partial charge in [0.1, 0.15) is 0 Å². The summed E-state index contributed by atoms with van der Waals surface area (Å²) < 4.78 is 0. The molecule has 76 valence electrons. The minimum absolute atomic E-state index is 0.0134. The fourth-order valence-corrected chi connectivity index (χ4v) is 0.824. The van der Waals surface area contributed by atoms with Crippen LogP contribution in [-0.4, -0.2) is 41.6 Å². The second-order valence-corrected chi connectivity index (χ2v) is 2.42. The number of amides is 2. The number of nitrogens with one attached hydrogen (secondary N) is 1. The van der Waals surface area contributed by atoms with Gasteiger partial charge in [-0.2, -0.15) is 0 Å². The van der Waals surface area contributed by atoms with Crippen LogP contribution in [0, 0.1) is 0 Å². The van der Waals surface area contributed by atoms with Crippen molar-refractivity contribution in [3.63, 3.8) is 0 Å². The lowest BCUT2D eigenvalue weighted by Gasteiger charge is -2.18. The molecule has 0 aliphatic carbocycles. The lowest BCUT2D eigenvalue weighted by atomic mass is 10.5. The molecule has 0 bridgehead atoms. The van der Waals surface area contributed by atoms with Gasteiger partial charge in [0.25, 0.3) is 0 Å².